The molecule has 0 N–H and O–H groups in total. The fraction of sp³-hybridized carbons (Fsp3) is 0.450. The number of hydrogen-bond donors (Lipinski definition) is 0. The number of thiophene rings is 1. The van der Waals surface area contributed by atoms with Crippen LogP contribution in [0.15, 0.2) is 23.0 Å². The van der Waals surface area contributed by atoms with E-state index in [1.54, 1.807) is 18.0 Å². The zero-order chi connectivity index (χ0) is 20.7. The van der Waals surface area contributed by atoms with Gasteiger partial charge in [0.1, 0.15) is 10.5 Å². The van der Waals surface area contributed by atoms with Crippen LogP contribution in [0.4, 0.5) is 0 Å². The van der Waals surface area contributed by atoms with Crippen molar-refractivity contribution in [3.05, 3.63) is 40.2 Å². The van der Waals surface area contributed by atoms with Gasteiger partial charge in [0.15, 0.2) is 5.69 Å². The van der Waals surface area contributed by atoms with Crippen LogP contribution in [0.3, 0.4) is 0 Å². The number of ether oxygens (including phenoxy) is 1. The third-order valence-corrected chi connectivity index (χ3v) is 6.85. The van der Waals surface area contributed by atoms with Crippen LogP contribution in [0.5, 0.6) is 0 Å². The van der Waals surface area contributed by atoms with Crippen LogP contribution in [0, 0.1) is 6.92 Å². The fourth-order valence-electron chi connectivity index (χ4n) is 4.18. The van der Waals surface area contributed by atoms with Gasteiger partial charge < -0.3 is 14.5 Å². The Morgan fingerprint density at radius 1 is 1.13 bits per heavy atom. The summed E-state index contributed by atoms with van der Waals surface area (Å²) in [7, 11) is 0. The number of aromatic nitrogens is 3. The SMILES string of the molecule is Cc1nonc1C(=O)N1CC[C@@H](c2c(C(=O)N3CCOCC3)sc3ncccc23)C1. The zero-order valence-corrected chi connectivity index (χ0v) is 17.4. The molecule has 2 fully saturated rings. The van der Waals surface area contributed by atoms with E-state index in [0.717, 1.165) is 27.1 Å². The van der Waals surface area contributed by atoms with Gasteiger partial charge in [0.05, 0.1) is 18.1 Å². The summed E-state index contributed by atoms with van der Waals surface area (Å²) < 4.78 is 10.1. The van der Waals surface area contributed by atoms with Gasteiger partial charge >= 0.3 is 0 Å². The number of pyridine rings is 1. The summed E-state index contributed by atoms with van der Waals surface area (Å²) in [4.78, 5) is 35.8. The van der Waals surface area contributed by atoms with E-state index in [-0.39, 0.29) is 23.4 Å². The van der Waals surface area contributed by atoms with Crippen LogP contribution in [-0.2, 0) is 4.74 Å². The Balaban J connectivity index is 1.47. The molecule has 0 spiro atoms. The molecule has 5 rings (SSSR count). The molecule has 0 radical (unpaired) electrons. The number of rotatable bonds is 3. The van der Waals surface area contributed by atoms with E-state index in [9.17, 15) is 9.59 Å². The number of aryl methyl sites for hydroxylation is 1. The minimum absolute atomic E-state index is 0.0256. The first-order chi connectivity index (χ1) is 14.6. The molecular weight excluding hydrogens is 406 g/mol. The van der Waals surface area contributed by atoms with Gasteiger partial charge in [0.2, 0.25) is 0 Å². The van der Waals surface area contributed by atoms with E-state index in [0.29, 0.717) is 45.1 Å². The molecule has 9 nitrogen and oxygen atoms in total. The lowest BCUT2D eigenvalue weighted by Gasteiger charge is -2.27. The second-order valence-corrected chi connectivity index (χ2v) is 8.54. The number of nitrogens with zero attached hydrogens (tertiary/aromatic N) is 5. The van der Waals surface area contributed by atoms with Crippen LogP contribution in [-0.4, -0.2) is 76.3 Å². The lowest BCUT2D eigenvalue weighted by Crippen LogP contribution is -2.40. The normalized spacial score (nSPS) is 19.6. The largest absolute Gasteiger partial charge is 0.378 e. The Labute approximate surface area is 176 Å². The molecule has 3 aromatic rings. The molecule has 5 heterocycles. The standard InChI is InChI=1S/C20H21N5O4S/c1-12-16(23-29-22-12)19(26)25-6-4-13(11-25)15-14-3-2-5-21-18(14)30-17(15)20(27)24-7-9-28-10-8-24/h2-3,5,13H,4,6-11H2,1H3/t13-/m1/s1. The van der Waals surface area contributed by atoms with Crippen molar-refractivity contribution in [3.8, 4) is 0 Å². The summed E-state index contributed by atoms with van der Waals surface area (Å²) >= 11 is 1.44. The van der Waals surface area contributed by atoms with Crippen molar-refractivity contribution in [2.75, 3.05) is 39.4 Å². The molecule has 2 saturated heterocycles. The van der Waals surface area contributed by atoms with Gasteiger partial charge in [-0.2, -0.15) is 0 Å². The Hall–Kier alpha value is -2.85. The molecule has 0 saturated carbocycles. The summed E-state index contributed by atoms with van der Waals surface area (Å²) in [6, 6.07) is 3.91. The summed E-state index contributed by atoms with van der Waals surface area (Å²) in [6.45, 7) is 5.12. The average Bonchev–Trinajstić information content (AvgIpc) is 3.51. The molecule has 0 aromatic carbocycles. The number of amides is 2. The van der Waals surface area contributed by atoms with Gasteiger partial charge in [-0.25, -0.2) is 9.61 Å². The highest BCUT2D eigenvalue weighted by molar-refractivity contribution is 7.20. The third kappa shape index (κ3) is 3.25. The maximum Gasteiger partial charge on any atom is 0.278 e. The molecule has 3 aromatic heterocycles. The smallest absolute Gasteiger partial charge is 0.278 e. The highest BCUT2D eigenvalue weighted by Gasteiger charge is 2.35. The Bertz CT molecular complexity index is 1100. The summed E-state index contributed by atoms with van der Waals surface area (Å²) in [6.07, 6.45) is 2.52. The average molecular weight is 427 g/mol. The van der Waals surface area contributed by atoms with Crippen molar-refractivity contribution in [1.82, 2.24) is 25.1 Å². The van der Waals surface area contributed by atoms with Gasteiger partial charge in [-0.1, -0.05) is 11.2 Å². The van der Waals surface area contributed by atoms with E-state index < -0.39 is 0 Å². The van der Waals surface area contributed by atoms with Crippen molar-refractivity contribution in [2.24, 2.45) is 0 Å². The molecule has 2 aliphatic heterocycles. The second-order valence-electron chi connectivity index (χ2n) is 7.54. The molecule has 30 heavy (non-hydrogen) atoms. The second kappa shape index (κ2) is 7.77. The summed E-state index contributed by atoms with van der Waals surface area (Å²) in [5, 5.41) is 8.45. The summed E-state index contributed by atoms with van der Waals surface area (Å²) in [5.41, 5.74) is 1.74. The highest BCUT2D eigenvalue weighted by atomic mass is 32.1. The minimum atomic E-state index is -0.185. The molecule has 2 amide bonds. The van der Waals surface area contributed by atoms with Crippen molar-refractivity contribution in [3.63, 3.8) is 0 Å². The lowest BCUT2D eigenvalue weighted by atomic mass is 9.95. The lowest BCUT2D eigenvalue weighted by molar-refractivity contribution is 0.0305. The molecular formula is C20H21N5O4S. The predicted molar refractivity (Wildman–Crippen MR) is 109 cm³/mol. The number of likely N-dealkylation sites (tertiary alicyclic amines) is 1. The highest BCUT2D eigenvalue weighted by Crippen LogP contribution is 2.40. The quantitative estimate of drug-likeness (QED) is 0.631. The molecule has 0 unspecified atom stereocenters. The predicted octanol–water partition coefficient (Wildman–Crippen LogP) is 2.09. The van der Waals surface area contributed by atoms with Gasteiger partial charge in [0, 0.05) is 43.7 Å². The van der Waals surface area contributed by atoms with Gasteiger partial charge in [-0.15, -0.1) is 11.3 Å². The Morgan fingerprint density at radius 2 is 1.97 bits per heavy atom. The fourth-order valence-corrected chi connectivity index (χ4v) is 5.38. The molecule has 2 aliphatic rings. The van der Waals surface area contributed by atoms with Crippen LogP contribution in [0.25, 0.3) is 10.2 Å². The van der Waals surface area contributed by atoms with E-state index >= 15 is 0 Å². The van der Waals surface area contributed by atoms with Gasteiger partial charge in [-0.05, 0) is 30.1 Å². The zero-order valence-electron chi connectivity index (χ0n) is 16.5. The van der Waals surface area contributed by atoms with E-state index in [4.69, 9.17) is 4.74 Å². The van der Waals surface area contributed by atoms with Crippen molar-refractivity contribution in [2.45, 2.75) is 19.3 Å². The maximum absolute atomic E-state index is 13.3. The Morgan fingerprint density at radius 3 is 2.73 bits per heavy atom. The summed E-state index contributed by atoms with van der Waals surface area (Å²) in [5.74, 6) is -0.0976. The first-order valence-electron chi connectivity index (χ1n) is 9.96. The Kier molecular flexibility index (Phi) is 4.95. The van der Waals surface area contributed by atoms with Gasteiger partial charge in [0.25, 0.3) is 11.8 Å². The van der Waals surface area contributed by atoms with E-state index in [1.807, 2.05) is 17.0 Å². The van der Waals surface area contributed by atoms with Crippen molar-refractivity contribution < 1.29 is 19.0 Å². The molecule has 0 aliphatic carbocycles. The number of hydrogen-bond acceptors (Lipinski definition) is 8. The van der Waals surface area contributed by atoms with Gasteiger partial charge in [-0.3, -0.25) is 9.59 Å². The molecule has 156 valence electrons. The van der Waals surface area contributed by atoms with Crippen molar-refractivity contribution >= 4 is 33.4 Å². The minimum Gasteiger partial charge on any atom is -0.378 e. The first kappa shape index (κ1) is 19.1. The monoisotopic (exact) mass is 427 g/mol. The number of morpholine rings is 1. The number of carbonyl (C=O) groups excluding carboxylic acids is 2. The maximum atomic E-state index is 13.3. The van der Waals surface area contributed by atoms with Crippen LogP contribution in [0.1, 0.15) is 43.8 Å². The first-order valence-corrected chi connectivity index (χ1v) is 10.8. The van der Waals surface area contributed by atoms with Crippen LogP contribution < -0.4 is 0 Å². The van der Waals surface area contributed by atoms with E-state index in [1.165, 1.54) is 11.3 Å². The third-order valence-electron chi connectivity index (χ3n) is 5.74. The van der Waals surface area contributed by atoms with E-state index in [2.05, 4.69) is 19.9 Å². The van der Waals surface area contributed by atoms with Crippen LogP contribution in [0.2, 0.25) is 0 Å². The topological polar surface area (TPSA) is 102 Å². The molecule has 0 bridgehead atoms. The number of fused-ring (bicyclic) bond motifs is 1. The van der Waals surface area contributed by atoms with Crippen LogP contribution >= 0.6 is 11.3 Å². The van der Waals surface area contributed by atoms with Crippen molar-refractivity contribution in [1.29, 1.82) is 0 Å². The number of carbonyl (C=O) groups is 2. The molecule has 10 heteroatoms. The molecule has 1 atom stereocenters.